The van der Waals surface area contributed by atoms with Gasteiger partial charge in [0.1, 0.15) is 10.9 Å². The van der Waals surface area contributed by atoms with Gasteiger partial charge in [-0.05, 0) is 37.5 Å². The summed E-state index contributed by atoms with van der Waals surface area (Å²) in [5.74, 6) is -1.28. The Morgan fingerprint density at radius 3 is 2.35 bits per heavy atom. The zero-order valence-corrected chi connectivity index (χ0v) is 20.6. The van der Waals surface area contributed by atoms with Gasteiger partial charge in [0.25, 0.3) is 15.9 Å². The fourth-order valence-corrected chi connectivity index (χ4v) is 5.54. The molecule has 9 heteroatoms. The van der Waals surface area contributed by atoms with Gasteiger partial charge in [-0.25, -0.2) is 12.7 Å². The summed E-state index contributed by atoms with van der Waals surface area (Å²) in [5, 5.41) is 2.85. The summed E-state index contributed by atoms with van der Waals surface area (Å²) in [5.41, 5.74) is 2.04. The second-order valence-electron chi connectivity index (χ2n) is 8.35. The number of nitrogens with one attached hydrogen (secondary N) is 1. The van der Waals surface area contributed by atoms with Crippen molar-refractivity contribution >= 4 is 27.7 Å². The third kappa shape index (κ3) is 5.30. The summed E-state index contributed by atoms with van der Waals surface area (Å²) in [6.45, 7) is 6.16. The number of nitrogens with zero attached hydrogens (tertiary/aromatic N) is 2. The Labute approximate surface area is 201 Å². The average Bonchev–Trinajstić information content (AvgIpc) is 3.02. The minimum atomic E-state index is -4.00. The first-order valence-corrected chi connectivity index (χ1v) is 12.9. The number of carbonyl (C=O) groups excluding carboxylic acids is 3. The fourth-order valence-electron chi connectivity index (χ4n) is 3.97. The highest BCUT2D eigenvalue weighted by atomic mass is 32.2. The molecule has 0 aliphatic carbocycles. The second kappa shape index (κ2) is 10.8. The Hall–Kier alpha value is -3.20. The second-order valence-corrected chi connectivity index (χ2v) is 10.2. The topological polar surface area (TPSA) is 104 Å². The Morgan fingerprint density at radius 2 is 1.74 bits per heavy atom. The van der Waals surface area contributed by atoms with E-state index in [1.165, 1.54) is 17.0 Å². The van der Waals surface area contributed by atoms with Crippen molar-refractivity contribution in [1.29, 1.82) is 0 Å². The Bertz CT molecular complexity index is 1160. The number of rotatable bonds is 10. The van der Waals surface area contributed by atoms with Crippen LogP contribution in [-0.2, 0) is 26.2 Å². The van der Waals surface area contributed by atoms with Gasteiger partial charge >= 0.3 is 0 Å². The van der Waals surface area contributed by atoms with E-state index in [1.54, 1.807) is 12.1 Å². The molecule has 0 radical (unpaired) electrons. The van der Waals surface area contributed by atoms with Crippen molar-refractivity contribution in [3.8, 4) is 0 Å². The van der Waals surface area contributed by atoms with E-state index < -0.39 is 27.9 Å². The minimum Gasteiger partial charge on any atom is -0.354 e. The van der Waals surface area contributed by atoms with Gasteiger partial charge in [0.2, 0.25) is 11.8 Å². The molecule has 1 atom stereocenters. The molecule has 0 spiro atoms. The first kappa shape index (κ1) is 25.4. The molecule has 2 aromatic carbocycles. The van der Waals surface area contributed by atoms with Gasteiger partial charge in [-0.15, -0.1) is 0 Å². The highest BCUT2D eigenvalue weighted by Crippen LogP contribution is 2.30. The molecule has 0 unspecified atom stereocenters. The lowest BCUT2D eigenvalue weighted by Gasteiger charge is -2.31. The normalized spacial score (nSPS) is 15.0. The van der Waals surface area contributed by atoms with Crippen LogP contribution in [0.1, 0.15) is 54.6 Å². The molecule has 1 aliphatic heterocycles. The number of amides is 3. The molecule has 0 bridgehead atoms. The van der Waals surface area contributed by atoms with E-state index in [2.05, 4.69) is 5.32 Å². The maximum absolute atomic E-state index is 13.4. The van der Waals surface area contributed by atoms with Crippen LogP contribution in [0.15, 0.2) is 53.4 Å². The lowest BCUT2D eigenvalue weighted by molar-refractivity contribution is -0.141. The van der Waals surface area contributed by atoms with E-state index in [0.29, 0.717) is 13.0 Å². The maximum atomic E-state index is 13.4. The SMILES string of the molecule is CCCNC(=O)[C@H](CC)N(Cc1ccc(C)cc1)C(=O)CCN1C(=O)c2ccccc2S1(=O)=O. The summed E-state index contributed by atoms with van der Waals surface area (Å²) >= 11 is 0. The Morgan fingerprint density at radius 1 is 1.06 bits per heavy atom. The monoisotopic (exact) mass is 485 g/mol. The van der Waals surface area contributed by atoms with Crippen LogP contribution in [0, 0.1) is 6.92 Å². The summed E-state index contributed by atoms with van der Waals surface area (Å²) < 4.78 is 26.4. The molecule has 3 amide bonds. The molecule has 0 saturated carbocycles. The van der Waals surface area contributed by atoms with Crippen LogP contribution in [0.25, 0.3) is 0 Å². The summed E-state index contributed by atoms with van der Waals surface area (Å²) in [6, 6.07) is 13.0. The van der Waals surface area contributed by atoms with Gasteiger partial charge in [-0.2, -0.15) is 0 Å². The molecule has 0 fully saturated rings. The predicted octanol–water partition coefficient (Wildman–Crippen LogP) is 2.86. The van der Waals surface area contributed by atoms with Gasteiger partial charge in [-0.1, -0.05) is 55.8 Å². The molecule has 1 heterocycles. The number of carbonyl (C=O) groups is 3. The summed E-state index contributed by atoms with van der Waals surface area (Å²) in [6.07, 6.45) is 0.950. The number of benzene rings is 2. The smallest absolute Gasteiger partial charge is 0.269 e. The minimum absolute atomic E-state index is 0.0469. The molecule has 2 aromatic rings. The number of fused-ring (bicyclic) bond motifs is 1. The van der Waals surface area contributed by atoms with Crippen molar-refractivity contribution < 1.29 is 22.8 Å². The first-order chi connectivity index (χ1) is 16.2. The predicted molar refractivity (Wildman–Crippen MR) is 128 cm³/mol. The van der Waals surface area contributed by atoms with E-state index in [9.17, 15) is 22.8 Å². The van der Waals surface area contributed by atoms with Crippen LogP contribution in [-0.4, -0.2) is 54.5 Å². The highest BCUT2D eigenvalue weighted by Gasteiger charge is 2.41. The van der Waals surface area contributed by atoms with Crippen LogP contribution in [0.4, 0.5) is 0 Å². The molecule has 0 aromatic heterocycles. The highest BCUT2D eigenvalue weighted by molar-refractivity contribution is 7.90. The first-order valence-electron chi connectivity index (χ1n) is 11.5. The quantitative estimate of drug-likeness (QED) is 0.557. The molecule has 8 nitrogen and oxygen atoms in total. The molecule has 182 valence electrons. The van der Waals surface area contributed by atoms with Gasteiger partial charge in [-0.3, -0.25) is 14.4 Å². The largest absolute Gasteiger partial charge is 0.354 e. The number of aryl methyl sites for hydroxylation is 1. The van der Waals surface area contributed by atoms with Crippen molar-refractivity contribution in [3.05, 3.63) is 65.2 Å². The molecule has 3 rings (SSSR count). The van der Waals surface area contributed by atoms with E-state index in [4.69, 9.17) is 0 Å². The van der Waals surface area contributed by atoms with Gasteiger partial charge in [0.15, 0.2) is 0 Å². The lowest BCUT2D eigenvalue weighted by atomic mass is 10.1. The summed E-state index contributed by atoms with van der Waals surface area (Å²) in [7, 11) is -4.00. The van der Waals surface area contributed by atoms with Crippen molar-refractivity contribution in [2.75, 3.05) is 13.1 Å². The standard InChI is InChI=1S/C25H31N3O5S/c1-4-15-26-24(30)21(5-2)27(17-19-12-10-18(3)11-13-19)23(29)14-16-28-25(31)20-8-6-7-9-22(20)34(28,32)33/h6-13,21H,4-5,14-17H2,1-3H3,(H,26,30)/t21-/m0/s1. The molecular formula is C25H31N3O5S. The van der Waals surface area contributed by atoms with Crippen molar-refractivity contribution in [2.24, 2.45) is 0 Å². The van der Waals surface area contributed by atoms with Gasteiger partial charge in [0, 0.05) is 26.1 Å². The third-order valence-electron chi connectivity index (χ3n) is 5.85. The maximum Gasteiger partial charge on any atom is 0.269 e. The van der Waals surface area contributed by atoms with Crippen LogP contribution < -0.4 is 5.32 Å². The van der Waals surface area contributed by atoms with Crippen molar-refractivity contribution in [3.63, 3.8) is 0 Å². The third-order valence-corrected chi connectivity index (χ3v) is 7.69. The Kier molecular flexibility index (Phi) is 8.09. The van der Waals surface area contributed by atoms with Gasteiger partial charge < -0.3 is 10.2 Å². The average molecular weight is 486 g/mol. The van der Waals surface area contributed by atoms with Crippen LogP contribution in [0.5, 0.6) is 0 Å². The number of hydrogen-bond donors (Lipinski definition) is 1. The summed E-state index contributed by atoms with van der Waals surface area (Å²) in [4.78, 5) is 40.3. The van der Waals surface area contributed by atoms with Crippen LogP contribution in [0.2, 0.25) is 0 Å². The lowest BCUT2D eigenvalue weighted by Crippen LogP contribution is -2.49. The zero-order chi connectivity index (χ0) is 24.9. The molecule has 34 heavy (non-hydrogen) atoms. The molecular weight excluding hydrogens is 454 g/mol. The van der Waals surface area contributed by atoms with Crippen LogP contribution >= 0.6 is 0 Å². The fraction of sp³-hybridized carbons (Fsp3) is 0.400. The van der Waals surface area contributed by atoms with Crippen LogP contribution in [0.3, 0.4) is 0 Å². The van der Waals surface area contributed by atoms with E-state index in [-0.39, 0.29) is 35.9 Å². The molecule has 0 saturated heterocycles. The van der Waals surface area contributed by atoms with E-state index in [1.807, 2.05) is 45.0 Å². The number of hydrogen-bond acceptors (Lipinski definition) is 5. The van der Waals surface area contributed by atoms with E-state index >= 15 is 0 Å². The molecule has 1 aliphatic rings. The Balaban J connectivity index is 1.81. The zero-order valence-electron chi connectivity index (χ0n) is 19.8. The number of sulfonamides is 1. The van der Waals surface area contributed by atoms with E-state index in [0.717, 1.165) is 21.9 Å². The van der Waals surface area contributed by atoms with Crippen molar-refractivity contribution in [2.45, 2.75) is 57.5 Å². The molecule has 1 N–H and O–H groups in total. The van der Waals surface area contributed by atoms with Gasteiger partial charge in [0.05, 0.1) is 5.56 Å². The van der Waals surface area contributed by atoms with Crippen molar-refractivity contribution in [1.82, 2.24) is 14.5 Å².